The monoisotopic (exact) mass is 283 g/mol. The Bertz CT molecular complexity index is 520. The molecule has 0 amide bonds. The lowest BCUT2D eigenvalue weighted by Crippen LogP contribution is -2.47. The Morgan fingerprint density at radius 2 is 1.76 bits per heavy atom. The predicted molar refractivity (Wildman–Crippen MR) is 83.2 cm³/mol. The van der Waals surface area contributed by atoms with Crippen LogP contribution >= 0.6 is 0 Å². The van der Waals surface area contributed by atoms with Gasteiger partial charge < -0.3 is 4.90 Å². The fourth-order valence-electron chi connectivity index (χ4n) is 2.68. The van der Waals surface area contributed by atoms with Gasteiger partial charge in [-0.2, -0.15) is 0 Å². The van der Waals surface area contributed by atoms with Gasteiger partial charge in [-0.3, -0.25) is 9.88 Å². The Morgan fingerprint density at radius 1 is 0.952 bits per heavy atom. The second-order valence-electron chi connectivity index (χ2n) is 5.34. The summed E-state index contributed by atoms with van der Waals surface area (Å²) in [6.07, 6.45) is 9.70. The van der Waals surface area contributed by atoms with Crippen LogP contribution in [-0.4, -0.2) is 52.6 Å². The van der Waals surface area contributed by atoms with Gasteiger partial charge >= 0.3 is 0 Å². The molecule has 0 aromatic carbocycles. The van der Waals surface area contributed by atoms with Crippen molar-refractivity contribution in [3.05, 3.63) is 48.5 Å². The van der Waals surface area contributed by atoms with Crippen molar-refractivity contribution in [3.63, 3.8) is 0 Å². The van der Waals surface area contributed by atoms with Gasteiger partial charge in [0.05, 0.1) is 0 Å². The van der Waals surface area contributed by atoms with Gasteiger partial charge in [0.2, 0.25) is 5.95 Å². The van der Waals surface area contributed by atoms with Crippen LogP contribution in [0.4, 0.5) is 5.95 Å². The molecule has 5 nitrogen and oxygen atoms in total. The normalized spacial score (nSPS) is 16.1. The Morgan fingerprint density at radius 3 is 2.48 bits per heavy atom. The van der Waals surface area contributed by atoms with Crippen molar-refractivity contribution in [3.8, 4) is 0 Å². The zero-order valence-electron chi connectivity index (χ0n) is 12.2. The highest BCUT2D eigenvalue weighted by Gasteiger charge is 2.17. The molecular weight excluding hydrogens is 262 g/mol. The largest absolute Gasteiger partial charge is 0.338 e. The van der Waals surface area contributed by atoms with Crippen LogP contribution in [0.3, 0.4) is 0 Å². The second kappa shape index (κ2) is 7.13. The summed E-state index contributed by atoms with van der Waals surface area (Å²) in [6.45, 7) is 5.35. The standard InChI is InChI=1S/C16H21N5/c1-4-15(14-17-6-1)5-2-9-20-10-12-21(13-11-20)16-18-7-3-8-19-16/h1,3-4,6-8,14H,2,5,9-13H2. The lowest BCUT2D eigenvalue weighted by Gasteiger charge is -2.34. The number of nitrogens with zero attached hydrogens (tertiary/aromatic N) is 5. The van der Waals surface area contributed by atoms with Crippen LogP contribution in [-0.2, 0) is 6.42 Å². The van der Waals surface area contributed by atoms with Crippen LogP contribution in [0, 0.1) is 0 Å². The molecule has 3 heterocycles. The molecule has 0 unspecified atom stereocenters. The number of hydrogen-bond donors (Lipinski definition) is 0. The molecule has 110 valence electrons. The molecule has 5 heteroatoms. The number of pyridine rings is 1. The van der Waals surface area contributed by atoms with E-state index in [1.165, 1.54) is 12.0 Å². The summed E-state index contributed by atoms with van der Waals surface area (Å²) < 4.78 is 0. The van der Waals surface area contributed by atoms with Crippen molar-refractivity contribution < 1.29 is 0 Å². The topological polar surface area (TPSA) is 45.2 Å². The first-order valence-corrected chi connectivity index (χ1v) is 7.55. The summed E-state index contributed by atoms with van der Waals surface area (Å²) in [5.41, 5.74) is 1.33. The van der Waals surface area contributed by atoms with Crippen molar-refractivity contribution in [2.45, 2.75) is 12.8 Å². The van der Waals surface area contributed by atoms with Crippen LogP contribution in [0.25, 0.3) is 0 Å². The third-order valence-electron chi connectivity index (χ3n) is 3.87. The molecule has 2 aromatic heterocycles. The maximum Gasteiger partial charge on any atom is 0.225 e. The van der Waals surface area contributed by atoms with Gasteiger partial charge in [-0.15, -0.1) is 0 Å². The maximum absolute atomic E-state index is 4.32. The highest BCUT2D eigenvalue weighted by Crippen LogP contribution is 2.10. The summed E-state index contributed by atoms with van der Waals surface area (Å²) in [5.74, 6) is 0.854. The van der Waals surface area contributed by atoms with Gasteiger partial charge in [-0.1, -0.05) is 6.07 Å². The molecule has 0 bridgehead atoms. The molecule has 21 heavy (non-hydrogen) atoms. The minimum Gasteiger partial charge on any atom is -0.338 e. The van der Waals surface area contributed by atoms with E-state index in [1.54, 1.807) is 0 Å². The Labute approximate surface area is 125 Å². The highest BCUT2D eigenvalue weighted by atomic mass is 15.3. The second-order valence-corrected chi connectivity index (χ2v) is 5.34. The van der Waals surface area contributed by atoms with E-state index in [0.29, 0.717) is 0 Å². The molecule has 1 aliphatic rings. The van der Waals surface area contributed by atoms with Crippen LogP contribution < -0.4 is 4.90 Å². The van der Waals surface area contributed by atoms with Crippen molar-refractivity contribution in [2.75, 3.05) is 37.6 Å². The number of anilines is 1. The molecule has 2 aromatic rings. The van der Waals surface area contributed by atoms with Gasteiger partial charge in [-0.25, -0.2) is 9.97 Å². The molecule has 0 aliphatic carbocycles. The third kappa shape index (κ3) is 3.98. The van der Waals surface area contributed by atoms with E-state index in [4.69, 9.17) is 0 Å². The smallest absolute Gasteiger partial charge is 0.225 e. The number of hydrogen-bond acceptors (Lipinski definition) is 5. The summed E-state index contributed by atoms with van der Waals surface area (Å²) in [4.78, 5) is 17.6. The van der Waals surface area contributed by atoms with E-state index in [0.717, 1.165) is 45.1 Å². The SMILES string of the molecule is c1cnc(N2CCN(CCCc3cccnc3)CC2)nc1. The number of aryl methyl sites for hydroxylation is 1. The van der Waals surface area contributed by atoms with Crippen LogP contribution in [0.1, 0.15) is 12.0 Å². The molecule has 1 saturated heterocycles. The fourth-order valence-corrected chi connectivity index (χ4v) is 2.68. The van der Waals surface area contributed by atoms with Crippen molar-refractivity contribution in [1.29, 1.82) is 0 Å². The Kier molecular flexibility index (Phi) is 4.74. The molecule has 3 rings (SSSR count). The molecule has 0 saturated carbocycles. The minimum atomic E-state index is 0.854. The lowest BCUT2D eigenvalue weighted by atomic mass is 10.1. The highest BCUT2D eigenvalue weighted by molar-refractivity contribution is 5.29. The number of piperazine rings is 1. The first-order chi connectivity index (χ1) is 10.4. The predicted octanol–water partition coefficient (Wildman–Crippen LogP) is 1.63. The first-order valence-electron chi connectivity index (χ1n) is 7.55. The van der Waals surface area contributed by atoms with Crippen LogP contribution in [0.15, 0.2) is 43.0 Å². The van der Waals surface area contributed by atoms with Crippen LogP contribution in [0.5, 0.6) is 0 Å². The van der Waals surface area contributed by atoms with Crippen LogP contribution in [0.2, 0.25) is 0 Å². The molecule has 1 fully saturated rings. The van der Waals surface area contributed by atoms with Gasteiger partial charge in [0, 0.05) is 51.0 Å². The summed E-state index contributed by atoms with van der Waals surface area (Å²) >= 11 is 0. The summed E-state index contributed by atoms with van der Waals surface area (Å²) in [7, 11) is 0. The van der Waals surface area contributed by atoms with Gasteiger partial charge in [0.25, 0.3) is 0 Å². The molecule has 0 radical (unpaired) electrons. The quantitative estimate of drug-likeness (QED) is 0.834. The van der Waals surface area contributed by atoms with E-state index >= 15 is 0 Å². The molecule has 0 spiro atoms. The molecular formula is C16H21N5. The van der Waals surface area contributed by atoms with Crippen molar-refractivity contribution in [1.82, 2.24) is 19.9 Å². The maximum atomic E-state index is 4.32. The van der Waals surface area contributed by atoms with Crippen molar-refractivity contribution >= 4 is 5.95 Å². The molecule has 1 aliphatic heterocycles. The third-order valence-corrected chi connectivity index (χ3v) is 3.87. The number of aromatic nitrogens is 3. The average molecular weight is 283 g/mol. The van der Waals surface area contributed by atoms with E-state index in [1.807, 2.05) is 36.9 Å². The van der Waals surface area contributed by atoms with E-state index in [9.17, 15) is 0 Å². The number of rotatable bonds is 5. The zero-order valence-corrected chi connectivity index (χ0v) is 12.2. The first kappa shape index (κ1) is 13.9. The summed E-state index contributed by atoms with van der Waals surface area (Å²) in [6, 6.07) is 6.02. The van der Waals surface area contributed by atoms with E-state index in [-0.39, 0.29) is 0 Å². The minimum absolute atomic E-state index is 0.854. The van der Waals surface area contributed by atoms with Gasteiger partial charge in [-0.05, 0) is 37.1 Å². The van der Waals surface area contributed by atoms with E-state index in [2.05, 4.69) is 30.8 Å². The molecule has 0 atom stereocenters. The van der Waals surface area contributed by atoms with E-state index < -0.39 is 0 Å². The zero-order chi connectivity index (χ0) is 14.3. The average Bonchev–Trinajstić information content (AvgIpc) is 2.57. The lowest BCUT2D eigenvalue weighted by molar-refractivity contribution is 0.254. The van der Waals surface area contributed by atoms with Crippen molar-refractivity contribution in [2.24, 2.45) is 0 Å². The van der Waals surface area contributed by atoms with Gasteiger partial charge in [0.1, 0.15) is 0 Å². The Balaban J connectivity index is 1.40. The summed E-state index contributed by atoms with van der Waals surface area (Å²) in [5, 5.41) is 0. The Hall–Kier alpha value is -2.01. The fraction of sp³-hybridized carbons (Fsp3) is 0.438. The molecule has 0 N–H and O–H groups in total. The van der Waals surface area contributed by atoms with Gasteiger partial charge in [0.15, 0.2) is 0 Å².